The summed E-state index contributed by atoms with van der Waals surface area (Å²) in [6, 6.07) is 9.04. The number of nitrogens with zero attached hydrogens (tertiary/aromatic N) is 1. The van der Waals surface area contributed by atoms with Crippen molar-refractivity contribution < 1.29 is 14.3 Å². The van der Waals surface area contributed by atoms with Gasteiger partial charge in [0, 0.05) is 31.4 Å². The van der Waals surface area contributed by atoms with Gasteiger partial charge in [-0.15, -0.1) is 0 Å². The molecule has 1 aromatic carbocycles. The Morgan fingerprint density at radius 3 is 2.75 bits per heavy atom. The molecule has 0 atom stereocenters. The van der Waals surface area contributed by atoms with Crippen LogP contribution in [-0.2, 0) is 7.05 Å². The third-order valence-electron chi connectivity index (χ3n) is 3.18. The number of carbonyl (C=O) groups is 1. The van der Waals surface area contributed by atoms with Crippen LogP contribution in [-0.4, -0.2) is 23.7 Å². The number of ether oxygens (including phenoxy) is 2. The van der Waals surface area contributed by atoms with E-state index in [0.29, 0.717) is 30.3 Å². The molecule has 0 fully saturated rings. The number of aromatic nitrogens is 1. The number of carbonyl (C=O) groups excluding carboxylic acids is 1. The molecule has 5 nitrogen and oxygen atoms in total. The van der Waals surface area contributed by atoms with Gasteiger partial charge < -0.3 is 19.4 Å². The van der Waals surface area contributed by atoms with Crippen LogP contribution in [0.3, 0.4) is 0 Å². The fraction of sp³-hybridized carbons (Fsp3) is 0.267. The highest BCUT2D eigenvalue weighted by Crippen LogP contribution is 2.32. The summed E-state index contributed by atoms with van der Waals surface area (Å²) in [5, 5.41) is 2.86. The van der Waals surface area contributed by atoms with Crippen molar-refractivity contribution in [1.82, 2.24) is 4.57 Å². The van der Waals surface area contributed by atoms with Gasteiger partial charge in [-0.05, 0) is 24.3 Å². The van der Waals surface area contributed by atoms with Gasteiger partial charge in [0.1, 0.15) is 5.69 Å². The summed E-state index contributed by atoms with van der Waals surface area (Å²) in [4.78, 5) is 12.1. The number of rotatable bonds is 2. The first kappa shape index (κ1) is 12.6. The topological polar surface area (TPSA) is 52.5 Å². The average Bonchev–Trinajstić information content (AvgIpc) is 2.73. The minimum atomic E-state index is -0.146. The summed E-state index contributed by atoms with van der Waals surface area (Å²) in [6.07, 6.45) is 2.70. The molecule has 1 amide bonds. The van der Waals surface area contributed by atoms with Crippen LogP contribution >= 0.6 is 0 Å². The second-order valence-corrected chi connectivity index (χ2v) is 4.67. The average molecular weight is 272 g/mol. The summed E-state index contributed by atoms with van der Waals surface area (Å²) >= 11 is 0. The summed E-state index contributed by atoms with van der Waals surface area (Å²) in [7, 11) is 1.84. The lowest BCUT2D eigenvalue weighted by Gasteiger charge is -2.10. The fourth-order valence-electron chi connectivity index (χ4n) is 2.13. The van der Waals surface area contributed by atoms with Gasteiger partial charge >= 0.3 is 0 Å². The maximum absolute atomic E-state index is 12.1. The molecule has 5 heteroatoms. The summed E-state index contributed by atoms with van der Waals surface area (Å²) in [5.74, 6) is 1.25. The van der Waals surface area contributed by atoms with Crippen LogP contribution in [0.25, 0.3) is 0 Å². The highest BCUT2D eigenvalue weighted by atomic mass is 16.5. The lowest BCUT2D eigenvalue weighted by atomic mass is 10.2. The highest BCUT2D eigenvalue weighted by molar-refractivity contribution is 6.03. The maximum Gasteiger partial charge on any atom is 0.272 e. The molecule has 0 spiro atoms. The third kappa shape index (κ3) is 2.47. The molecule has 104 valence electrons. The van der Waals surface area contributed by atoms with Gasteiger partial charge in [0.05, 0.1) is 13.2 Å². The van der Waals surface area contributed by atoms with E-state index in [2.05, 4.69) is 5.32 Å². The number of aryl methyl sites for hydroxylation is 1. The molecule has 0 unspecified atom stereocenters. The number of anilines is 1. The van der Waals surface area contributed by atoms with Gasteiger partial charge in [-0.25, -0.2) is 0 Å². The van der Waals surface area contributed by atoms with Gasteiger partial charge in [0.2, 0.25) is 0 Å². The predicted octanol–water partition coefficient (Wildman–Crippen LogP) is 2.44. The van der Waals surface area contributed by atoms with Crippen LogP contribution in [0.1, 0.15) is 16.9 Å². The van der Waals surface area contributed by atoms with Crippen molar-refractivity contribution in [2.45, 2.75) is 6.42 Å². The number of benzene rings is 1. The van der Waals surface area contributed by atoms with Gasteiger partial charge in [-0.2, -0.15) is 0 Å². The monoisotopic (exact) mass is 272 g/mol. The molecule has 2 aromatic rings. The molecule has 3 rings (SSSR count). The Morgan fingerprint density at radius 2 is 2.00 bits per heavy atom. The molecule has 1 N–H and O–H groups in total. The first-order valence-electron chi connectivity index (χ1n) is 6.56. The number of amides is 1. The fourth-order valence-corrected chi connectivity index (χ4v) is 2.13. The van der Waals surface area contributed by atoms with Crippen molar-refractivity contribution in [2.75, 3.05) is 18.5 Å². The van der Waals surface area contributed by atoms with Crippen molar-refractivity contribution in [1.29, 1.82) is 0 Å². The number of fused-ring (bicyclic) bond motifs is 1. The van der Waals surface area contributed by atoms with E-state index in [4.69, 9.17) is 9.47 Å². The van der Waals surface area contributed by atoms with E-state index in [0.717, 1.165) is 12.2 Å². The number of nitrogens with one attached hydrogen (secondary N) is 1. The zero-order valence-corrected chi connectivity index (χ0v) is 11.3. The molecule has 0 radical (unpaired) electrons. The number of hydrogen-bond acceptors (Lipinski definition) is 3. The molecule has 2 heterocycles. The Hall–Kier alpha value is -2.43. The molecule has 0 aliphatic carbocycles. The van der Waals surface area contributed by atoms with Crippen molar-refractivity contribution >= 4 is 11.6 Å². The van der Waals surface area contributed by atoms with Crippen molar-refractivity contribution in [3.05, 3.63) is 42.2 Å². The second-order valence-electron chi connectivity index (χ2n) is 4.67. The van der Waals surface area contributed by atoms with E-state index in [1.165, 1.54) is 0 Å². The maximum atomic E-state index is 12.1. The molecule has 20 heavy (non-hydrogen) atoms. The first-order valence-corrected chi connectivity index (χ1v) is 6.56. The van der Waals surface area contributed by atoms with E-state index in [1.807, 2.05) is 31.4 Å². The molecule has 0 saturated heterocycles. The van der Waals surface area contributed by atoms with Crippen LogP contribution in [0.2, 0.25) is 0 Å². The Kier molecular flexibility index (Phi) is 3.33. The Labute approximate surface area is 117 Å². The van der Waals surface area contributed by atoms with Crippen LogP contribution in [0, 0.1) is 0 Å². The molecule has 0 saturated carbocycles. The zero-order valence-electron chi connectivity index (χ0n) is 11.3. The Bertz CT molecular complexity index is 634. The van der Waals surface area contributed by atoms with Crippen LogP contribution in [0.15, 0.2) is 36.5 Å². The van der Waals surface area contributed by atoms with E-state index in [1.54, 1.807) is 16.7 Å². The molecular weight excluding hydrogens is 256 g/mol. The molecule has 1 aromatic heterocycles. The highest BCUT2D eigenvalue weighted by Gasteiger charge is 2.13. The summed E-state index contributed by atoms with van der Waals surface area (Å²) < 4.78 is 12.9. The van der Waals surface area contributed by atoms with E-state index < -0.39 is 0 Å². The van der Waals surface area contributed by atoms with Crippen molar-refractivity contribution in [2.24, 2.45) is 7.05 Å². The van der Waals surface area contributed by atoms with Gasteiger partial charge in [0.15, 0.2) is 11.5 Å². The van der Waals surface area contributed by atoms with E-state index >= 15 is 0 Å². The standard InChI is InChI=1S/C15H16N2O3/c1-17-7-2-4-12(17)15(18)16-11-5-6-13-14(10-11)20-9-3-8-19-13/h2,4-7,10H,3,8-9H2,1H3,(H,16,18). The molecule has 0 bridgehead atoms. The Balaban J connectivity index is 1.80. The molecule has 1 aliphatic rings. The zero-order chi connectivity index (χ0) is 13.9. The molecule has 1 aliphatic heterocycles. The van der Waals surface area contributed by atoms with Crippen molar-refractivity contribution in [3.63, 3.8) is 0 Å². The van der Waals surface area contributed by atoms with Gasteiger partial charge in [-0.3, -0.25) is 4.79 Å². The van der Waals surface area contributed by atoms with Crippen LogP contribution in [0.5, 0.6) is 11.5 Å². The molecular formula is C15H16N2O3. The van der Waals surface area contributed by atoms with Gasteiger partial charge in [0.25, 0.3) is 5.91 Å². The predicted molar refractivity (Wildman–Crippen MR) is 75.4 cm³/mol. The largest absolute Gasteiger partial charge is 0.490 e. The quantitative estimate of drug-likeness (QED) is 0.913. The summed E-state index contributed by atoms with van der Waals surface area (Å²) in [6.45, 7) is 1.28. The lowest BCUT2D eigenvalue weighted by molar-refractivity contribution is 0.101. The van der Waals surface area contributed by atoms with Crippen LogP contribution in [0.4, 0.5) is 5.69 Å². The number of hydrogen-bond donors (Lipinski definition) is 1. The first-order chi connectivity index (χ1) is 9.74. The minimum Gasteiger partial charge on any atom is -0.490 e. The van der Waals surface area contributed by atoms with E-state index in [9.17, 15) is 4.79 Å². The normalized spacial score (nSPS) is 13.7. The van der Waals surface area contributed by atoms with Crippen LogP contribution < -0.4 is 14.8 Å². The third-order valence-corrected chi connectivity index (χ3v) is 3.18. The van der Waals surface area contributed by atoms with Gasteiger partial charge in [-0.1, -0.05) is 0 Å². The lowest BCUT2D eigenvalue weighted by Crippen LogP contribution is -2.15. The van der Waals surface area contributed by atoms with E-state index in [-0.39, 0.29) is 5.91 Å². The second kappa shape index (κ2) is 5.28. The van der Waals surface area contributed by atoms with Crippen molar-refractivity contribution in [3.8, 4) is 11.5 Å². The minimum absolute atomic E-state index is 0.146. The summed E-state index contributed by atoms with van der Waals surface area (Å²) in [5.41, 5.74) is 1.30. The smallest absolute Gasteiger partial charge is 0.272 e. The SMILES string of the molecule is Cn1cccc1C(=O)Nc1ccc2c(c1)OCCCO2. The Morgan fingerprint density at radius 1 is 1.20 bits per heavy atom.